The van der Waals surface area contributed by atoms with Crippen LogP contribution in [0.2, 0.25) is 13.6 Å². The summed E-state index contributed by atoms with van der Waals surface area (Å²) < 4.78 is 5.58. The van der Waals surface area contributed by atoms with Crippen LogP contribution in [-0.2, 0) is 0 Å². The van der Waals surface area contributed by atoms with E-state index >= 15 is 0 Å². The van der Waals surface area contributed by atoms with Gasteiger partial charge in [0, 0.05) is 0 Å². The number of hydrogen-bond donors (Lipinski definition) is 0. The fourth-order valence-electron chi connectivity index (χ4n) is 1.28. The standard InChI is InChI=1S/C12H19BO/c1-4-5-10-14-12-8-6-11(7-9-12)13(2)3/h6-9H,4-5,10H2,1-3H3. The molecule has 1 nitrogen and oxygen atoms in total. The van der Waals surface area contributed by atoms with E-state index in [0.29, 0.717) is 6.71 Å². The molecule has 0 amide bonds. The lowest BCUT2D eigenvalue weighted by Crippen LogP contribution is -2.21. The SMILES string of the molecule is CCCCOc1ccc(B(C)C)cc1. The van der Waals surface area contributed by atoms with Gasteiger partial charge in [0.2, 0.25) is 0 Å². The molecule has 1 aromatic rings. The maximum absolute atomic E-state index is 5.58. The fourth-order valence-corrected chi connectivity index (χ4v) is 1.28. The zero-order chi connectivity index (χ0) is 10.4. The molecule has 2 heteroatoms. The minimum atomic E-state index is 0.597. The highest BCUT2D eigenvalue weighted by atomic mass is 16.5. The molecule has 0 heterocycles. The van der Waals surface area contributed by atoms with Crippen LogP contribution in [0, 0.1) is 0 Å². The Labute approximate surface area is 87.6 Å². The predicted octanol–water partition coefficient (Wildman–Crippen LogP) is 2.83. The summed E-state index contributed by atoms with van der Waals surface area (Å²) in [5.41, 5.74) is 1.37. The third-order valence-corrected chi connectivity index (χ3v) is 2.31. The molecule has 76 valence electrons. The zero-order valence-corrected chi connectivity index (χ0v) is 9.42. The Balaban J connectivity index is 2.47. The first-order chi connectivity index (χ1) is 6.74. The molecular weight excluding hydrogens is 171 g/mol. The second-order valence-corrected chi connectivity index (χ2v) is 3.93. The molecule has 0 aliphatic heterocycles. The maximum atomic E-state index is 5.58. The second-order valence-electron chi connectivity index (χ2n) is 3.93. The van der Waals surface area contributed by atoms with Crippen LogP contribution in [0.15, 0.2) is 24.3 Å². The van der Waals surface area contributed by atoms with Crippen LogP contribution in [0.1, 0.15) is 19.8 Å². The molecular formula is C12H19BO. The van der Waals surface area contributed by atoms with Crippen molar-refractivity contribution in [1.82, 2.24) is 0 Å². The molecule has 0 atom stereocenters. The minimum absolute atomic E-state index is 0.597. The third-order valence-electron chi connectivity index (χ3n) is 2.31. The van der Waals surface area contributed by atoms with Crippen molar-refractivity contribution < 1.29 is 4.74 Å². The van der Waals surface area contributed by atoms with Gasteiger partial charge in [0.05, 0.1) is 6.61 Å². The summed E-state index contributed by atoms with van der Waals surface area (Å²) in [7, 11) is 0. The Kier molecular flexibility index (Phi) is 4.58. The molecule has 0 bridgehead atoms. The Morgan fingerprint density at radius 2 is 1.79 bits per heavy atom. The lowest BCUT2D eigenvalue weighted by atomic mass is 9.49. The Morgan fingerprint density at radius 3 is 2.29 bits per heavy atom. The summed E-state index contributed by atoms with van der Waals surface area (Å²) in [6.07, 6.45) is 2.32. The lowest BCUT2D eigenvalue weighted by molar-refractivity contribution is 0.309. The van der Waals surface area contributed by atoms with E-state index < -0.39 is 0 Å². The number of rotatable bonds is 5. The normalized spacial score (nSPS) is 9.93. The van der Waals surface area contributed by atoms with E-state index in [1.807, 2.05) is 0 Å². The van der Waals surface area contributed by atoms with Crippen LogP contribution in [0.25, 0.3) is 0 Å². The smallest absolute Gasteiger partial charge is 0.169 e. The van der Waals surface area contributed by atoms with Crippen molar-refractivity contribution in [1.29, 1.82) is 0 Å². The van der Waals surface area contributed by atoms with E-state index in [4.69, 9.17) is 4.74 Å². The highest BCUT2D eigenvalue weighted by Gasteiger charge is 2.01. The van der Waals surface area contributed by atoms with Crippen LogP contribution >= 0.6 is 0 Å². The number of benzene rings is 1. The van der Waals surface area contributed by atoms with Gasteiger partial charge in [-0.2, -0.15) is 0 Å². The number of unbranched alkanes of at least 4 members (excludes halogenated alkanes) is 1. The Morgan fingerprint density at radius 1 is 1.14 bits per heavy atom. The third kappa shape index (κ3) is 3.45. The molecule has 0 radical (unpaired) electrons. The van der Waals surface area contributed by atoms with E-state index in [9.17, 15) is 0 Å². The molecule has 0 saturated heterocycles. The van der Waals surface area contributed by atoms with Gasteiger partial charge in [0.1, 0.15) is 5.75 Å². The van der Waals surface area contributed by atoms with Gasteiger partial charge in [-0.15, -0.1) is 0 Å². The summed E-state index contributed by atoms with van der Waals surface area (Å²) in [5.74, 6) is 0.989. The highest BCUT2D eigenvalue weighted by molar-refractivity contribution is 6.70. The minimum Gasteiger partial charge on any atom is -0.494 e. The maximum Gasteiger partial charge on any atom is 0.169 e. The lowest BCUT2D eigenvalue weighted by Gasteiger charge is -2.07. The summed E-state index contributed by atoms with van der Waals surface area (Å²) in [5, 5.41) is 0. The van der Waals surface area contributed by atoms with Crippen molar-refractivity contribution in [3.63, 3.8) is 0 Å². The first kappa shape index (κ1) is 11.2. The zero-order valence-electron chi connectivity index (χ0n) is 9.42. The number of hydrogen-bond acceptors (Lipinski definition) is 1. The molecule has 1 rings (SSSR count). The first-order valence-electron chi connectivity index (χ1n) is 5.46. The Hall–Kier alpha value is -0.915. The van der Waals surface area contributed by atoms with Crippen LogP contribution < -0.4 is 10.2 Å². The summed E-state index contributed by atoms with van der Waals surface area (Å²) in [6.45, 7) is 8.00. The molecule has 0 saturated carbocycles. The second kappa shape index (κ2) is 5.74. The van der Waals surface area contributed by atoms with Gasteiger partial charge in [-0.25, -0.2) is 0 Å². The average Bonchev–Trinajstić information content (AvgIpc) is 2.19. The molecule has 0 fully saturated rings. The molecule has 0 spiro atoms. The van der Waals surface area contributed by atoms with Gasteiger partial charge in [0.15, 0.2) is 6.71 Å². The van der Waals surface area contributed by atoms with Gasteiger partial charge < -0.3 is 4.74 Å². The van der Waals surface area contributed by atoms with E-state index in [2.05, 4.69) is 44.8 Å². The molecule has 0 aliphatic carbocycles. The van der Waals surface area contributed by atoms with Crippen molar-refractivity contribution in [2.24, 2.45) is 0 Å². The van der Waals surface area contributed by atoms with Gasteiger partial charge in [-0.3, -0.25) is 0 Å². The van der Waals surface area contributed by atoms with E-state index in [1.165, 1.54) is 11.9 Å². The van der Waals surface area contributed by atoms with Crippen LogP contribution in [0.5, 0.6) is 5.75 Å². The first-order valence-corrected chi connectivity index (χ1v) is 5.46. The molecule has 14 heavy (non-hydrogen) atoms. The van der Waals surface area contributed by atoms with Gasteiger partial charge >= 0.3 is 0 Å². The van der Waals surface area contributed by atoms with Gasteiger partial charge in [0.25, 0.3) is 0 Å². The van der Waals surface area contributed by atoms with Crippen molar-refractivity contribution in [2.75, 3.05) is 6.61 Å². The summed E-state index contributed by atoms with van der Waals surface area (Å²) in [4.78, 5) is 0. The van der Waals surface area contributed by atoms with Crippen molar-refractivity contribution in [2.45, 2.75) is 33.4 Å². The van der Waals surface area contributed by atoms with Crippen LogP contribution in [0.4, 0.5) is 0 Å². The monoisotopic (exact) mass is 190 g/mol. The number of ether oxygens (including phenoxy) is 1. The topological polar surface area (TPSA) is 9.23 Å². The van der Waals surface area contributed by atoms with E-state index in [0.717, 1.165) is 18.8 Å². The Bertz CT molecular complexity index is 254. The van der Waals surface area contributed by atoms with E-state index in [1.54, 1.807) is 0 Å². The van der Waals surface area contributed by atoms with E-state index in [-0.39, 0.29) is 0 Å². The summed E-state index contributed by atoms with van der Waals surface area (Å²) in [6, 6.07) is 8.41. The highest BCUT2D eigenvalue weighted by Crippen LogP contribution is 2.08. The molecule has 0 N–H and O–H groups in total. The fraction of sp³-hybridized carbons (Fsp3) is 0.500. The van der Waals surface area contributed by atoms with Gasteiger partial charge in [-0.05, 0) is 18.6 Å². The predicted molar refractivity (Wildman–Crippen MR) is 64.0 cm³/mol. The van der Waals surface area contributed by atoms with Crippen molar-refractivity contribution >= 4 is 12.2 Å². The molecule has 0 aromatic heterocycles. The van der Waals surface area contributed by atoms with Crippen molar-refractivity contribution in [3.8, 4) is 5.75 Å². The average molecular weight is 190 g/mol. The molecule has 1 aromatic carbocycles. The summed E-state index contributed by atoms with van der Waals surface area (Å²) >= 11 is 0. The molecule has 0 aliphatic rings. The quantitative estimate of drug-likeness (QED) is 0.512. The molecule has 0 unspecified atom stereocenters. The van der Waals surface area contributed by atoms with Gasteiger partial charge in [-0.1, -0.05) is 44.6 Å². The largest absolute Gasteiger partial charge is 0.494 e. The van der Waals surface area contributed by atoms with Crippen LogP contribution in [-0.4, -0.2) is 13.3 Å². The van der Waals surface area contributed by atoms with Crippen LogP contribution in [0.3, 0.4) is 0 Å². The van der Waals surface area contributed by atoms with Crippen molar-refractivity contribution in [3.05, 3.63) is 24.3 Å².